The lowest BCUT2D eigenvalue weighted by molar-refractivity contribution is -0.384. The number of hydrogen-bond acceptors (Lipinski definition) is 7. The highest BCUT2D eigenvalue weighted by Gasteiger charge is 2.17. The first-order valence-corrected chi connectivity index (χ1v) is 9.70. The van der Waals surface area contributed by atoms with Crippen LogP contribution in [0.25, 0.3) is 11.5 Å². The average Bonchev–Trinajstić information content (AvgIpc) is 3.09. The van der Waals surface area contributed by atoms with Crippen molar-refractivity contribution in [2.75, 3.05) is 5.75 Å². The van der Waals surface area contributed by atoms with Gasteiger partial charge in [0.05, 0.1) is 10.7 Å². The number of Topliss-reactive ketones (excluding diaryl/α,β-unsaturated/α-hetero) is 1. The number of nitro benzene ring substituents is 1. The molecule has 10 heteroatoms. The van der Waals surface area contributed by atoms with E-state index in [1.54, 1.807) is 0 Å². The van der Waals surface area contributed by atoms with Crippen LogP contribution in [0.4, 0.5) is 5.69 Å². The molecule has 26 heavy (non-hydrogen) atoms. The van der Waals surface area contributed by atoms with Crippen molar-refractivity contribution in [2.24, 2.45) is 0 Å². The zero-order chi connectivity index (χ0) is 18.7. The van der Waals surface area contributed by atoms with E-state index in [2.05, 4.69) is 42.1 Å². The quantitative estimate of drug-likeness (QED) is 0.200. The van der Waals surface area contributed by atoms with Crippen molar-refractivity contribution in [1.82, 2.24) is 10.2 Å². The Morgan fingerprint density at radius 1 is 1.15 bits per heavy atom. The van der Waals surface area contributed by atoms with Gasteiger partial charge in [-0.15, -0.1) is 10.2 Å². The van der Waals surface area contributed by atoms with Gasteiger partial charge in [-0.1, -0.05) is 43.6 Å². The SMILES string of the molecule is O=C(CSc1nnc(-c2ccc(Br)cc2)o1)c1cc([N+](=O)[O-])ccc1Br. The number of thioether (sulfide) groups is 1. The summed E-state index contributed by atoms with van der Waals surface area (Å²) in [6.07, 6.45) is 0. The van der Waals surface area contributed by atoms with Gasteiger partial charge in [-0.2, -0.15) is 0 Å². The number of aromatic nitrogens is 2. The van der Waals surface area contributed by atoms with Crippen LogP contribution in [-0.2, 0) is 0 Å². The summed E-state index contributed by atoms with van der Waals surface area (Å²) in [5.41, 5.74) is 0.858. The summed E-state index contributed by atoms with van der Waals surface area (Å²) in [6, 6.07) is 11.4. The van der Waals surface area contributed by atoms with Crippen molar-refractivity contribution < 1.29 is 14.1 Å². The molecular weight excluding hydrogens is 490 g/mol. The summed E-state index contributed by atoms with van der Waals surface area (Å²) in [5, 5.41) is 19.0. The van der Waals surface area contributed by atoms with Gasteiger partial charge in [-0.05, 0) is 30.3 Å². The van der Waals surface area contributed by atoms with Gasteiger partial charge >= 0.3 is 0 Å². The van der Waals surface area contributed by atoms with Gasteiger partial charge in [-0.25, -0.2) is 0 Å². The monoisotopic (exact) mass is 497 g/mol. The normalized spacial score (nSPS) is 10.7. The lowest BCUT2D eigenvalue weighted by atomic mass is 10.1. The minimum atomic E-state index is -0.543. The van der Waals surface area contributed by atoms with Crippen LogP contribution in [0, 0.1) is 10.1 Å². The molecule has 132 valence electrons. The van der Waals surface area contributed by atoms with Crippen molar-refractivity contribution in [3.05, 3.63) is 67.1 Å². The van der Waals surface area contributed by atoms with Gasteiger partial charge < -0.3 is 4.42 Å². The van der Waals surface area contributed by atoms with Crippen LogP contribution >= 0.6 is 43.6 Å². The van der Waals surface area contributed by atoms with E-state index >= 15 is 0 Å². The molecule has 0 aliphatic carbocycles. The fourth-order valence-corrected chi connectivity index (χ4v) is 3.40. The molecule has 0 N–H and O–H groups in total. The summed E-state index contributed by atoms with van der Waals surface area (Å²) in [7, 11) is 0. The predicted molar refractivity (Wildman–Crippen MR) is 103 cm³/mol. The molecule has 0 aliphatic heterocycles. The third-order valence-electron chi connectivity index (χ3n) is 3.29. The molecule has 2 aromatic carbocycles. The third-order valence-corrected chi connectivity index (χ3v) is 5.32. The average molecular weight is 499 g/mol. The smallest absolute Gasteiger partial charge is 0.277 e. The van der Waals surface area contributed by atoms with Gasteiger partial charge in [0.1, 0.15) is 0 Å². The highest BCUT2D eigenvalue weighted by molar-refractivity contribution is 9.10. The maximum atomic E-state index is 12.4. The molecule has 0 unspecified atom stereocenters. The third kappa shape index (κ3) is 4.37. The Labute approximate surface area is 168 Å². The van der Waals surface area contributed by atoms with Crippen LogP contribution in [-0.4, -0.2) is 26.7 Å². The van der Waals surface area contributed by atoms with Crippen molar-refractivity contribution in [1.29, 1.82) is 0 Å². The molecule has 0 spiro atoms. The molecule has 0 bridgehead atoms. The number of ketones is 1. The van der Waals surface area contributed by atoms with E-state index in [1.807, 2.05) is 24.3 Å². The molecule has 7 nitrogen and oxygen atoms in total. The number of rotatable bonds is 6. The second-order valence-corrected chi connectivity index (χ2v) is 7.71. The number of halogens is 2. The van der Waals surface area contributed by atoms with Crippen LogP contribution < -0.4 is 0 Å². The lowest BCUT2D eigenvalue weighted by Crippen LogP contribution is -2.04. The van der Waals surface area contributed by atoms with Crippen molar-refractivity contribution >= 4 is 55.1 Å². The summed E-state index contributed by atoms with van der Waals surface area (Å²) >= 11 is 7.67. The molecule has 3 aromatic rings. The summed E-state index contributed by atoms with van der Waals surface area (Å²) in [4.78, 5) is 22.7. The molecule has 0 atom stereocenters. The number of non-ortho nitro benzene ring substituents is 1. The molecule has 1 heterocycles. The summed E-state index contributed by atoms with van der Waals surface area (Å²) in [5.74, 6) is 0.0832. The Bertz CT molecular complexity index is 976. The Hall–Kier alpha value is -2.04. The van der Waals surface area contributed by atoms with Crippen LogP contribution in [0.1, 0.15) is 10.4 Å². The second-order valence-electron chi connectivity index (χ2n) is 5.01. The van der Waals surface area contributed by atoms with Gasteiger partial charge in [0, 0.05) is 32.2 Å². The maximum absolute atomic E-state index is 12.4. The number of nitro groups is 1. The van der Waals surface area contributed by atoms with Crippen LogP contribution in [0.5, 0.6) is 0 Å². The molecule has 0 saturated heterocycles. The first kappa shape index (κ1) is 18.7. The predicted octanol–water partition coefficient (Wildman–Crippen LogP) is 5.14. The maximum Gasteiger partial charge on any atom is 0.277 e. The first-order chi connectivity index (χ1) is 12.4. The number of carbonyl (C=O) groups is 1. The highest BCUT2D eigenvalue weighted by Crippen LogP contribution is 2.27. The summed E-state index contributed by atoms with van der Waals surface area (Å²) < 4.78 is 6.97. The molecule has 0 radical (unpaired) electrons. The Morgan fingerprint density at radius 2 is 1.88 bits per heavy atom. The molecular formula is C16H9Br2N3O4S. The molecule has 0 saturated carbocycles. The molecule has 0 aliphatic rings. The van der Waals surface area contributed by atoms with Crippen molar-refractivity contribution in [3.63, 3.8) is 0 Å². The van der Waals surface area contributed by atoms with E-state index in [9.17, 15) is 14.9 Å². The summed E-state index contributed by atoms with van der Waals surface area (Å²) in [6.45, 7) is 0. The highest BCUT2D eigenvalue weighted by atomic mass is 79.9. The fourth-order valence-electron chi connectivity index (χ4n) is 2.02. The first-order valence-electron chi connectivity index (χ1n) is 7.13. The molecule has 0 amide bonds. The number of carbonyl (C=O) groups excluding carboxylic acids is 1. The van der Waals surface area contributed by atoms with Gasteiger partial charge in [-0.3, -0.25) is 14.9 Å². The number of hydrogen-bond donors (Lipinski definition) is 0. The number of nitrogens with zero attached hydrogens (tertiary/aromatic N) is 3. The molecule has 3 rings (SSSR count). The van der Waals surface area contributed by atoms with E-state index < -0.39 is 4.92 Å². The zero-order valence-electron chi connectivity index (χ0n) is 12.9. The fraction of sp³-hybridized carbons (Fsp3) is 0.0625. The van der Waals surface area contributed by atoms with E-state index in [0.29, 0.717) is 10.4 Å². The van der Waals surface area contributed by atoms with Crippen molar-refractivity contribution in [3.8, 4) is 11.5 Å². The van der Waals surface area contributed by atoms with Crippen LogP contribution in [0.2, 0.25) is 0 Å². The van der Waals surface area contributed by atoms with Gasteiger partial charge in [0.2, 0.25) is 5.89 Å². The Kier molecular flexibility index (Phi) is 5.84. The Balaban J connectivity index is 1.70. The second kappa shape index (κ2) is 8.11. The molecule has 1 aromatic heterocycles. The van der Waals surface area contributed by atoms with E-state index in [-0.39, 0.29) is 28.0 Å². The van der Waals surface area contributed by atoms with E-state index in [0.717, 1.165) is 21.8 Å². The van der Waals surface area contributed by atoms with Crippen LogP contribution in [0.3, 0.4) is 0 Å². The van der Waals surface area contributed by atoms with E-state index in [1.165, 1.54) is 18.2 Å². The minimum Gasteiger partial charge on any atom is -0.411 e. The van der Waals surface area contributed by atoms with E-state index in [4.69, 9.17) is 4.42 Å². The number of benzene rings is 2. The molecule has 0 fully saturated rings. The van der Waals surface area contributed by atoms with Crippen molar-refractivity contribution in [2.45, 2.75) is 5.22 Å². The largest absolute Gasteiger partial charge is 0.411 e. The topological polar surface area (TPSA) is 99.1 Å². The zero-order valence-corrected chi connectivity index (χ0v) is 16.9. The van der Waals surface area contributed by atoms with Gasteiger partial charge in [0.25, 0.3) is 10.9 Å². The van der Waals surface area contributed by atoms with Gasteiger partial charge in [0.15, 0.2) is 5.78 Å². The lowest BCUT2D eigenvalue weighted by Gasteiger charge is -2.02. The van der Waals surface area contributed by atoms with Crippen LogP contribution in [0.15, 0.2) is 61.0 Å². The standard InChI is InChI=1S/C16H9Br2N3O4S/c17-10-3-1-9(2-4-10)15-19-20-16(25-15)26-8-14(22)12-7-11(21(23)24)5-6-13(12)18/h1-7H,8H2. The Morgan fingerprint density at radius 3 is 2.58 bits per heavy atom. The minimum absolute atomic E-state index is 0.0156.